The second-order valence-electron chi connectivity index (χ2n) is 5.46. The Hall–Kier alpha value is -1.06. The topological polar surface area (TPSA) is 32.3 Å². The Labute approximate surface area is 128 Å². The van der Waals surface area contributed by atoms with E-state index in [0.717, 1.165) is 25.9 Å². The predicted octanol–water partition coefficient (Wildman–Crippen LogP) is 2.81. The average Bonchev–Trinajstić information content (AvgIpc) is 2.88. The van der Waals surface area contributed by atoms with Crippen molar-refractivity contribution in [1.29, 1.82) is 0 Å². The SMILES string of the molecule is CNCC1CCCN1C(=O)CC(C)c1ccccc1.Cl. The van der Waals surface area contributed by atoms with Crippen LogP contribution in [0.25, 0.3) is 0 Å². The van der Waals surface area contributed by atoms with Crippen LogP contribution in [0.4, 0.5) is 0 Å². The molecule has 0 bridgehead atoms. The largest absolute Gasteiger partial charge is 0.338 e. The van der Waals surface area contributed by atoms with E-state index in [1.807, 2.05) is 25.2 Å². The Morgan fingerprint density at radius 2 is 2.10 bits per heavy atom. The van der Waals surface area contributed by atoms with Crippen molar-refractivity contribution in [3.63, 3.8) is 0 Å². The van der Waals surface area contributed by atoms with E-state index in [1.165, 1.54) is 5.56 Å². The number of carbonyl (C=O) groups excluding carboxylic acids is 1. The Kier molecular flexibility index (Phi) is 7.03. The van der Waals surface area contributed by atoms with Crippen molar-refractivity contribution in [2.45, 2.75) is 38.1 Å². The molecule has 112 valence electrons. The minimum Gasteiger partial charge on any atom is -0.338 e. The number of likely N-dealkylation sites (N-methyl/N-ethyl adjacent to an activating group) is 1. The van der Waals surface area contributed by atoms with Gasteiger partial charge in [-0.3, -0.25) is 4.79 Å². The van der Waals surface area contributed by atoms with E-state index in [-0.39, 0.29) is 12.4 Å². The monoisotopic (exact) mass is 296 g/mol. The second kappa shape index (κ2) is 8.28. The summed E-state index contributed by atoms with van der Waals surface area (Å²) in [5, 5.41) is 3.19. The van der Waals surface area contributed by atoms with Crippen LogP contribution in [0.5, 0.6) is 0 Å². The molecule has 2 unspecified atom stereocenters. The van der Waals surface area contributed by atoms with Crippen molar-refractivity contribution in [2.75, 3.05) is 20.1 Å². The highest BCUT2D eigenvalue weighted by Crippen LogP contribution is 2.23. The van der Waals surface area contributed by atoms with E-state index >= 15 is 0 Å². The summed E-state index contributed by atoms with van der Waals surface area (Å²) in [4.78, 5) is 14.5. The fourth-order valence-electron chi connectivity index (χ4n) is 2.89. The van der Waals surface area contributed by atoms with E-state index in [4.69, 9.17) is 0 Å². The molecule has 2 atom stereocenters. The summed E-state index contributed by atoms with van der Waals surface area (Å²) in [5.74, 6) is 0.596. The molecule has 1 heterocycles. The molecule has 1 aliphatic rings. The van der Waals surface area contributed by atoms with Gasteiger partial charge in [0.2, 0.25) is 5.91 Å². The van der Waals surface area contributed by atoms with Gasteiger partial charge in [-0.25, -0.2) is 0 Å². The third-order valence-electron chi connectivity index (χ3n) is 3.99. The number of rotatable bonds is 5. The maximum Gasteiger partial charge on any atom is 0.223 e. The quantitative estimate of drug-likeness (QED) is 0.906. The van der Waals surface area contributed by atoms with Gasteiger partial charge in [-0.1, -0.05) is 37.3 Å². The molecule has 1 fully saturated rings. The summed E-state index contributed by atoms with van der Waals surface area (Å²) >= 11 is 0. The van der Waals surface area contributed by atoms with E-state index in [1.54, 1.807) is 0 Å². The van der Waals surface area contributed by atoms with Crippen LogP contribution in [0, 0.1) is 0 Å². The fourth-order valence-corrected chi connectivity index (χ4v) is 2.89. The van der Waals surface area contributed by atoms with Gasteiger partial charge in [0.1, 0.15) is 0 Å². The number of hydrogen-bond donors (Lipinski definition) is 1. The lowest BCUT2D eigenvalue weighted by molar-refractivity contribution is -0.132. The summed E-state index contributed by atoms with van der Waals surface area (Å²) in [5.41, 5.74) is 1.25. The minimum atomic E-state index is 0. The molecule has 0 radical (unpaired) electrons. The van der Waals surface area contributed by atoms with Crippen molar-refractivity contribution < 1.29 is 4.79 Å². The first kappa shape index (κ1) is 17.0. The molecule has 1 amide bonds. The van der Waals surface area contributed by atoms with Crippen LogP contribution in [-0.2, 0) is 4.79 Å². The normalized spacial score (nSPS) is 19.5. The van der Waals surface area contributed by atoms with Gasteiger partial charge in [0.15, 0.2) is 0 Å². The fraction of sp³-hybridized carbons (Fsp3) is 0.562. The molecular weight excluding hydrogens is 272 g/mol. The van der Waals surface area contributed by atoms with Gasteiger partial charge in [0, 0.05) is 25.6 Å². The van der Waals surface area contributed by atoms with Crippen molar-refractivity contribution in [3.8, 4) is 0 Å². The van der Waals surface area contributed by atoms with E-state index in [2.05, 4.69) is 29.3 Å². The Bertz CT molecular complexity index is 410. The molecular formula is C16H25ClN2O. The van der Waals surface area contributed by atoms with Gasteiger partial charge in [-0.2, -0.15) is 0 Å². The van der Waals surface area contributed by atoms with Crippen LogP contribution in [0.2, 0.25) is 0 Å². The second-order valence-corrected chi connectivity index (χ2v) is 5.46. The first-order valence-corrected chi connectivity index (χ1v) is 7.21. The number of benzene rings is 1. The van der Waals surface area contributed by atoms with Crippen LogP contribution in [0.15, 0.2) is 30.3 Å². The molecule has 1 aromatic rings. The van der Waals surface area contributed by atoms with Crippen molar-refractivity contribution in [1.82, 2.24) is 10.2 Å². The van der Waals surface area contributed by atoms with Crippen LogP contribution in [0.3, 0.4) is 0 Å². The molecule has 1 aromatic carbocycles. The summed E-state index contributed by atoms with van der Waals surface area (Å²) in [6.45, 7) is 3.97. The Morgan fingerprint density at radius 1 is 1.40 bits per heavy atom. The molecule has 3 nitrogen and oxygen atoms in total. The number of carbonyl (C=O) groups is 1. The number of hydrogen-bond acceptors (Lipinski definition) is 2. The van der Waals surface area contributed by atoms with Gasteiger partial charge in [0.05, 0.1) is 0 Å². The lowest BCUT2D eigenvalue weighted by Crippen LogP contribution is -2.41. The van der Waals surface area contributed by atoms with Crippen molar-refractivity contribution >= 4 is 18.3 Å². The molecule has 20 heavy (non-hydrogen) atoms. The molecule has 0 spiro atoms. The molecule has 1 aliphatic heterocycles. The third kappa shape index (κ3) is 4.22. The number of likely N-dealkylation sites (tertiary alicyclic amines) is 1. The lowest BCUT2D eigenvalue weighted by Gasteiger charge is -2.26. The highest BCUT2D eigenvalue weighted by Gasteiger charge is 2.28. The summed E-state index contributed by atoms with van der Waals surface area (Å²) < 4.78 is 0. The average molecular weight is 297 g/mol. The Balaban J connectivity index is 0.00000200. The van der Waals surface area contributed by atoms with Crippen LogP contribution < -0.4 is 5.32 Å². The third-order valence-corrected chi connectivity index (χ3v) is 3.99. The number of nitrogens with one attached hydrogen (secondary N) is 1. The first-order chi connectivity index (χ1) is 9.22. The molecule has 4 heteroatoms. The van der Waals surface area contributed by atoms with Crippen molar-refractivity contribution in [2.24, 2.45) is 0 Å². The van der Waals surface area contributed by atoms with Crippen LogP contribution >= 0.6 is 12.4 Å². The Morgan fingerprint density at radius 3 is 2.75 bits per heavy atom. The number of amides is 1. The standard InChI is InChI=1S/C16H24N2O.ClH/c1-13(14-7-4-3-5-8-14)11-16(19)18-10-6-9-15(18)12-17-2;/h3-5,7-8,13,15,17H,6,9-12H2,1-2H3;1H. The van der Waals surface area contributed by atoms with Gasteiger partial charge < -0.3 is 10.2 Å². The lowest BCUT2D eigenvalue weighted by atomic mass is 9.97. The zero-order chi connectivity index (χ0) is 13.7. The van der Waals surface area contributed by atoms with Crippen molar-refractivity contribution in [3.05, 3.63) is 35.9 Å². The van der Waals surface area contributed by atoms with Crippen LogP contribution in [0.1, 0.15) is 37.7 Å². The predicted molar refractivity (Wildman–Crippen MR) is 85.4 cm³/mol. The maximum absolute atomic E-state index is 12.4. The highest BCUT2D eigenvalue weighted by atomic mass is 35.5. The molecule has 1 saturated heterocycles. The van der Waals surface area contributed by atoms with Gasteiger partial charge >= 0.3 is 0 Å². The highest BCUT2D eigenvalue weighted by molar-refractivity contribution is 5.85. The van der Waals surface area contributed by atoms with E-state index in [0.29, 0.717) is 24.3 Å². The zero-order valence-electron chi connectivity index (χ0n) is 12.3. The van der Waals surface area contributed by atoms with Gasteiger partial charge in [-0.15, -0.1) is 12.4 Å². The molecule has 0 saturated carbocycles. The summed E-state index contributed by atoms with van der Waals surface area (Å²) in [7, 11) is 1.95. The smallest absolute Gasteiger partial charge is 0.223 e. The zero-order valence-corrected chi connectivity index (χ0v) is 13.2. The number of nitrogens with zero attached hydrogens (tertiary/aromatic N) is 1. The van der Waals surface area contributed by atoms with E-state index < -0.39 is 0 Å². The summed E-state index contributed by atoms with van der Waals surface area (Å²) in [6, 6.07) is 10.7. The van der Waals surface area contributed by atoms with Gasteiger partial charge in [0.25, 0.3) is 0 Å². The van der Waals surface area contributed by atoms with Crippen LogP contribution in [-0.4, -0.2) is 37.0 Å². The molecule has 1 N–H and O–H groups in total. The molecule has 0 aliphatic carbocycles. The van der Waals surface area contributed by atoms with E-state index in [9.17, 15) is 4.79 Å². The maximum atomic E-state index is 12.4. The van der Waals surface area contributed by atoms with Gasteiger partial charge in [-0.05, 0) is 31.4 Å². The molecule has 0 aromatic heterocycles. The first-order valence-electron chi connectivity index (χ1n) is 7.21. The molecule has 2 rings (SSSR count). The summed E-state index contributed by atoms with van der Waals surface area (Å²) in [6.07, 6.45) is 2.88. The number of halogens is 1. The minimum absolute atomic E-state index is 0.